The lowest BCUT2D eigenvalue weighted by Crippen LogP contribution is -2.56. The van der Waals surface area contributed by atoms with E-state index in [2.05, 4.69) is 20.3 Å². The number of methoxy groups -OCH3 is 1. The second kappa shape index (κ2) is 7.59. The minimum atomic E-state index is -3.78. The largest absolute Gasteiger partial charge is 0.496 e. The van der Waals surface area contributed by atoms with Gasteiger partial charge in [0, 0.05) is 19.1 Å². The van der Waals surface area contributed by atoms with Crippen LogP contribution in [0.3, 0.4) is 0 Å². The van der Waals surface area contributed by atoms with Crippen molar-refractivity contribution in [3.05, 3.63) is 47.4 Å². The Hall–Kier alpha value is -2.56. The SMILES string of the molecule is COc1ccc(S(=O)(=O)NC2CNC2)cc1C(=O)Nc1ccc(F)c(C)n1. The number of aryl methyl sites for hydroxylation is 1. The molecule has 10 heteroatoms. The molecule has 0 radical (unpaired) electrons. The van der Waals surface area contributed by atoms with Gasteiger partial charge in [-0.3, -0.25) is 4.79 Å². The Morgan fingerprint density at radius 2 is 2.04 bits per heavy atom. The van der Waals surface area contributed by atoms with Crippen LogP contribution in [0.2, 0.25) is 0 Å². The average molecular weight is 394 g/mol. The summed E-state index contributed by atoms with van der Waals surface area (Å²) < 4.78 is 46.0. The number of rotatable bonds is 6. The van der Waals surface area contributed by atoms with Crippen molar-refractivity contribution in [2.24, 2.45) is 0 Å². The molecule has 144 valence electrons. The van der Waals surface area contributed by atoms with Crippen LogP contribution in [-0.4, -0.2) is 45.6 Å². The van der Waals surface area contributed by atoms with Gasteiger partial charge < -0.3 is 15.4 Å². The van der Waals surface area contributed by atoms with Gasteiger partial charge in [-0.15, -0.1) is 0 Å². The molecule has 0 saturated carbocycles. The van der Waals surface area contributed by atoms with Crippen LogP contribution in [0.1, 0.15) is 16.1 Å². The first-order valence-electron chi connectivity index (χ1n) is 8.16. The molecule has 8 nitrogen and oxygen atoms in total. The molecule has 1 aromatic carbocycles. The first kappa shape index (κ1) is 19.2. The Bertz CT molecular complexity index is 977. The molecule has 1 aliphatic heterocycles. The molecule has 3 N–H and O–H groups in total. The summed E-state index contributed by atoms with van der Waals surface area (Å²) in [4.78, 5) is 16.5. The van der Waals surface area contributed by atoms with E-state index in [4.69, 9.17) is 4.74 Å². The second-order valence-corrected chi connectivity index (χ2v) is 7.77. The molecule has 1 fully saturated rings. The van der Waals surface area contributed by atoms with Crippen molar-refractivity contribution in [1.29, 1.82) is 0 Å². The van der Waals surface area contributed by atoms with Crippen molar-refractivity contribution in [3.8, 4) is 5.75 Å². The molecule has 0 atom stereocenters. The Morgan fingerprint density at radius 1 is 1.30 bits per heavy atom. The van der Waals surface area contributed by atoms with E-state index < -0.39 is 21.7 Å². The van der Waals surface area contributed by atoms with Gasteiger partial charge in [0.05, 0.1) is 23.3 Å². The fourth-order valence-corrected chi connectivity index (χ4v) is 3.75. The fourth-order valence-electron chi connectivity index (χ4n) is 2.49. The van der Waals surface area contributed by atoms with E-state index in [0.29, 0.717) is 13.1 Å². The van der Waals surface area contributed by atoms with Gasteiger partial charge in [-0.25, -0.2) is 22.5 Å². The molecule has 3 rings (SSSR count). The molecule has 2 aromatic rings. The number of pyridine rings is 1. The highest BCUT2D eigenvalue weighted by molar-refractivity contribution is 7.89. The summed E-state index contributed by atoms with van der Waals surface area (Å²) in [6.45, 7) is 2.58. The molecule has 1 aliphatic rings. The molecule has 0 spiro atoms. The van der Waals surface area contributed by atoms with Crippen molar-refractivity contribution < 1.29 is 22.3 Å². The number of halogens is 1. The number of aromatic nitrogens is 1. The van der Waals surface area contributed by atoms with Gasteiger partial charge in [0.1, 0.15) is 17.4 Å². The molecule has 0 unspecified atom stereocenters. The molecular formula is C17H19FN4O4S. The van der Waals surface area contributed by atoms with Crippen molar-refractivity contribution in [2.45, 2.75) is 17.9 Å². The third-order valence-corrected chi connectivity index (χ3v) is 5.61. The summed E-state index contributed by atoms with van der Waals surface area (Å²) in [6.07, 6.45) is 0. The lowest BCUT2D eigenvalue weighted by Gasteiger charge is -2.27. The van der Waals surface area contributed by atoms with Gasteiger partial charge in [-0.05, 0) is 37.3 Å². The van der Waals surface area contributed by atoms with Crippen LogP contribution in [0.4, 0.5) is 10.2 Å². The number of sulfonamides is 1. The minimum absolute atomic E-state index is 0.0240. The van der Waals surface area contributed by atoms with Crippen molar-refractivity contribution >= 4 is 21.7 Å². The molecule has 1 saturated heterocycles. The van der Waals surface area contributed by atoms with Crippen molar-refractivity contribution in [3.63, 3.8) is 0 Å². The number of hydrogen-bond donors (Lipinski definition) is 3. The Labute approximate surface area is 156 Å². The first-order valence-corrected chi connectivity index (χ1v) is 9.64. The third-order valence-electron chi connectivity index (χ3n) is 4.09. The quantitative estimate of drug-likeness (QED) is 0.675. The van der Waals surface area contributed by atoms with Crippen molar-refractivity contribution in [2.75, 3.05) is 25.5 Å². The average Bonchev–Trinajstić information content (AvgIpc) is 2.61. The predicted octanol–water partition coefficient (Wildman–Crippen LogP) is 1.04. The second-order valence-electron chi connectivity index (χ2n) is 6.06. The van der Waals surface area contributed by atoms with Crippen molar-refractivity contribution in [1.82, 2.24) is 15.0 Å². The number of nitrogens with zero attached hydrogens (tertiary/aromatic N) is 1. The van der Waals surface area contributed by atoms with Crippen LogP contribution >= 0.6 is 0 Å². The van der Waals surface area contributed by atoms with Crippen LogP contribution in [0.5, 0.6) is 5.75 Å². The molecular weight excluding hydrogens is 375 g/mol. The third kappa shape index (κ3) is 4.24. The van der Waals surface area contributed by atoms with Gasteiger partial charge in [-0.2, -0.15) is 0 Å². The molecule has 1 aromatic heterocycles. The first-order chi connectivity index (χ1) is 12.8. The monoisotopic (exact) mass is 394 g/mol. The number of amides is 1. The molecule has 0 bridgehead atoms. The molecule has 2 heterocycles. The van der Waals surface area contributed by atoms with Crippen LogP contribution < -0.4 is 20.1 Å². The van der Waals surface area contributed by atoms with E-state index >= 15 is 0 Å². The zero-order chi connectivity index (χ0) is 19.6. The van der Waals surface area contributed by atoms with Gasteiger partial charge in [0.2, 0.25) is 10.0 Å². The maximum Gasteiger partial charge on any atom is 0.260 e. The maximum absolute atomic E-state index is 13.3. The predicted molar refractivity (Wildman–Crippen MR) is 96.9 cm³/mol. The summed E-state index contributed by atoms with van der Waals surface area (Å²) in [5.74, 6) is -0.758. The molecule has 0 aliphatic carbocycles. The van der Waals surface area contributed by atoms with Crippen LogP contribution in [-0.2, 0) is 10.0 Å². The van der Waals surface area contributed by atoms with Crippen LogP contribution in [0.15, 0.2) is 35.2 Å². The zero-order valence-electron chi connectivity index (χ0n) is 14.7. The highest BCUT2D eigenvalue weighted by Gasteiger charge is 2.26. The van der Waals surface area contributed by atoms with E-state index in [0.717, 1.165) is 0 Å². The number of carbonyl (C=O) groups is 1. The number of carbonyl (C=O) groups excluding carboxylic acids is 1. The summed E-state index contributed by atoms with van der Waals surface area (Å²) in [5, 5.41) is 5.50. The summed E-state index contributed by atoms with van der Waals surface area (Å²) >= 11 is 0. The lowest BCUT2D eigenvalue weighted by molar-refractivity contribution is 0.102. The zero-order valence-corrected chi connectivity index (χ0v) is 15.6. The van der Waals surface area contributed by atoms with E-state index in [1.807, 2.05) is 0 Å². The van der Waals surface area contributed by atoms with E-state index in [1.165, 1.54) is 44.4 Å². The highest BCUT2D eigenvalue weighted by atomic mass is 32.2. The Kier molecular flexibility index (Phi) is 5.40. The fraction of sp³-hybridized carbons (Fsp3) is 0.294. The minimum Gasteiger partial charge on any atom is -0.496 e. The van der Waals surface area contributed by atoms with E-state index in [1.54, 1.807) is 0 Å². The van der Waals surface area contributed by atoms with Crippen LogP contribution in [0.25, 0.3) is 0 Å². The molecule has 27 heavy (non-hydrogen) atoms. The summed E-state index contributed by atoms with van der Waals surface area (Å²) in [6, 6.07) is 6.33. The Balaban J connectivity index is 1.88. The van der Waals surface area contributed by atoms with Gasteiger partial charge in [-0.1, -0.05) is 0 Å². The lowest BCUT2D eigenvalue weighted by atomic mass is 10.2. The van der Waals surface area contributed by atoms with E-state index in [9.17, 15) is 17.6 Å². The summed E-state index contributed by atoms with van der Waals surface area (Å²) in [7, 11) is -2.40. The van der Waals surface area contributed by atoms with Gasteiger partial charge in [0.25, 0.3) is 5.91 Å². The van der Waals surface area contributed by atoms with Gasteiger partial charge in [0.15, 0.2) is 0 Å². The van der Waals surface area contributed by atoms with Gasteiger partial charge >= 0.3 is 0 Å². The number of hydrogen-bond acceptors (Lipinski definition) is 6. The number of benzene rings is 1. The topological polar surface area (TPSA) is 109 Å². The number of ether oxygens (including phenoxy) is 1. The van der Waals surface area contributed by atoms with E-state index in [-0.39, 0.29) is 33.8 Å². The maximum atomic E-state index is 13.3. The standard InChI is InChI=1S/C17H19FN4O4S/c1-10-14(18)4-6-16(20-10)21-17(23)13-7-12(3-5-15(13)26-2)27(24,25)22-11-8-19-9-11/h3-7,11,19,22H,8-9H2,1-2H3,(H,20,21,23). The highest BCUT2D eigenvalue weighted by Crippen LogP contribution is 2.24. The normalized spacial score (nSPS) is 14.5. The summed E-state index contributed by atoms with van der Waals surface area (Å²) in [5.41, 5.74) is 0.158. The Morgan fingerprint density at radius 3 is 2.63 bits per heavy atom. The number of anilines is 1. The molecule has 1 amide bonds. The number of nitrogens with one attached hydrogen (secondary N) is 3. The smallest absolute Gasteiger partial charge is 0.260 e. The van der Waals surface area contributed by atoms with Crippen LogP contribution in [0, 0.1) is 12.7 Å².